The van der Waals surface area contributed by atoms with Crippen molar-refractivity contribution in [3.8, 4) is 0 Å². The van der Waals surface area contributed by atoms with Gasteiger partial charge in [-0.3, -0.25) is 0 Å². The fourth-order valence-corrected chi connectivity index (χ4v) is 6.14. The molecule has 2 aliphatic rings. The van der Waals surface area contributed by atoms with Crippen LogP contribution in [0.15, 0.2) is 0 Å². The van der Waals surface area contributed by atoms with Crippen molar-refractivity contribution in [2.45, 2.75) is 105 Å². The molecule has 2 fully saturated rings. The molecule has 0 aromatic carbocycles. The number of aliphatic hydroxyl groups excluding tert-OH is 2. The Labute approximate surface area is 156 Å². The zero-order chi connectivity index (χ0) is 18.6. The Bertz CT molecular complexity index is 328. The van der Waals surface area contributed by atoms with Gasteiger partial charge in [0.2, 0.25) is 0 Å². The smallest absolute Gasteiger partial charge is 0.0591 e. The first-order valence-corrected chi connectivity index (χ1v) is 11.2. The zero-order valence-corrected chi connectivity index (χ0v) is 17.5. The van der Waals surface area contributed by atoms with E-state index in [1.165, 1.54) is 57.8 Å². The van der Waals surface area contributed by atoms with Gasteiger partial charge >= 0.3 is 0 Å². The molecule has 0 spiro atoms. The van der Waals surface area contributed by atoms with Crippen LogP contribution in [0.1, 0.15) is 92.4 Å². The van der Waals surface area contributed by atoms with Crippen molar-refractivity contribution in [2.24, 2.45) is 41.4 Å². The molecule has 0 heterocycles. The van der Waals surface area contributed by atoms with Gasteiger partial charge in [0.25, 0.3) is 0 Å². The van der Waals surface area contributed by atoms with Crippen molar-refractivity contribution >= 4 is 0 Å². The molecule has 2 rings (SSSR count). The molecular weight excluding hydrogens is 308 g/mol. The van der Waals surface area contributed by atoms with Gasteiger partial charge in [0, 0.05) is 0 Å². The molecule has 25 heavy (non-hydrogen) atoms. The van der Waals surface area contributed by atoms with Crippen LogP contribution in [0.4, 0.5) is 0 Å². The van der Waals surface area contributed by atoms with Crippen LogP contribution in [0.25, 0.3) is 0 Å². The van der Waals surface area contributed by atoms with Crippen molar-refractivity contribution in [1.82, 2.24) is 0 Å². The van der Waals surface area contributed by atoms with Crippen LogP contribution in [0.3, 0.4) is 0 Å². The number of rotatable bonds is 7. The second kappa shape index (κ2) is 9.74. The normalized spacial score (nSPS) is 43.8. The van der Waals surface area contributed by atoms with E-state index in [2.05, 4.69) is 34.6 Å². The quantitative estimate of drug-likeness (QED) is 0.580. The minimum absolute atomic E-state index is 0.108. The highest BCUT2D eigenvalue weighted by molar-refractivity contribution is 4.91. The summed E-state index contributed by atoms with van der Waals surface area (Å²) < 4.78 is 0. The first-order valence-electron chi connectivity index (χ1n) is 11.2. The van der Waals surface area contributed by atoms with Gasteiger partial charge in [-0.15, -0.1) is 0 Å². The molecule has 148 valence electrons. The van der Waals surface area contributed by atoms with E-state index in [1.807, 2.05) is 0 Å². The SMILES string of the molecule is CCCCCCC(C1CC(C)C(O)C(C)C1)C1CC(C)C(O)C(C)C1. The van der Waals surface area contributed by atoms with Gasteiger partial charge in [0.05, 0.1) is 12.2 Å². The molecule has 2 heteroatoms. The second-order valence-corrected chi connectivity index (χ2v) is 9.87. The molecule has 2 nitrogen and oxygen atoms in total. The predicted octanol–water partition coefficient (Wildman–Crippen LogP) is 5.66. The molecule has 2 N–H and O–H groups in total. The third-order valence-electron chi connectivity index (χ3n) is 7.63. The lowest BCUT2D eigenvalue weighted by Gasteiger charge is -2.46. The van der Waals surface area contributed by atoms with Gasteiger partial charge < -0.3 is 10.2 Å². The molecule has 0 aromatic heterocycles. The van der Waals surface area contributed by atoms with Gasteiger partial charge in [-0.25, -0.2) is 0 Å². The van der Waals surface area contributed by atoms with Gasteiger partial charge in [0.15, 0.2) is 0 Å². The van der Waals surface area contributed by atoms with Crippen LogP contribution in [-0.2, 0) is 0 Å². The van der Waals surface area contributed by atoms with E-state index in [0.29, 0.717) is 23.7 Å². The van der Waals surface area contributed by atoms with E-state index in [1.54, 1.807) is 0 Å². The summed E-state index contributed by atoms with van der Waals surface area (Å²) in [6.07, 6.45) is 11.3. The van der Waals surface area contributed by atoms with Crippen molar-refractivity contribution < 1.29 is 10.2 Å². The number of hydrogen-bond donors (Lipinski definition) is 2. The minimum Gasteiger partial charge on any atom is -0.393 e. The lowest BCUT2D eigenvalue weighted by atomic mass is 9.61. The number of hydrogen-bond acceptors (Lipinski definition) is 2. The largest absolute Gasteiger partial charge is 0.393 e. The van der Waals surface area contributed by atoms with E-state index in [-0.39, 0.29) is 12.2 Å². The summed E-state index contributed by atoms with van der Waals surface area (Å²) in [6.45, 7) is 11.3. The summed E-state index contributed by atoms with van der Waals surface area (Å²) in [5.41, 5.74) is 0. The summed E-state index contributed by atoms with van der Waals surface area (Å²) >= 11 is 0. The van der Waals surface area contributed by atoms with E-state index >= 15 is 0 Å². The summed E-state index contributed by atoms with van der Waals surface area (Å²) in [4.78, 5) is 0. The molecule has 0 bridgehead atoms. The third-order valence-corrected chi connectivity index (χ3v) is 7.63. The molecule has 0 saturated heterocycles. The van der Waals surface area contributed by atoms with Crippen molar-refractivity contribution in [3.63, 3.8) is 0 Å². The maximum atomic E-state index is 10.4. The van der Waals surface area contributed by atoms with E-state index in [9.17, 15) is 10.2 Å². The summed E-state index contributed by atoms with van der Waals surface area (Å²) in [6, 6.07) is 0. The number of aliphatic hydroxyl groups is 2. The first-order chi connectivity index (χ1) is 11.8. The highest BCUT2D eigenvalue weighted by Gasteiger charge is 2.41. The number of unbranched alkanes of at least 4 members (excludes halogenated alkanes) is 3. The van der Waals surface area contributed by atoms with Crippen LogP contribution in [0, 0.1) is 41.4 Å². The molecule has 0 amide bonds. The predicted molar refractivity (Wildman–Crippen MR) is 106 cm³/mol. The Balaban J connectivity index is 2.07. The Hall–Kier alpha value is -0.0800. The topological polar surface area (TPSA) is 40.5 Å². The van der Waals surface area contributed by atoms with E-state index in [0.717, 1.165) is 17.8 Å². The van der Waals surface area contributed by atoms with Crippen LogP contribution in [-0.4, -0.2) is 22.4 Å². The summed E-state index contributed by atoms with van der Waals surface area (Å²) in [5.74, 6) is 4.11. The third kappa shape index (κ3) is 5.45. The fraction of sp³-hybridized carbons (Fsp3) is 1.00. The highest BCUT2D eigenvalue weighted by Crippen LogP contribution is 2.47. The highest BCUT2D eigenvalue weighted by atomic mass is 16.3. The minimum atomic E-state index is -0.108. The van der Waals surface area contributed by atoms with Crippen molar-refractivity contribution in [2.75, 3.05) is 0 Å². The molecule has 4 unspecified atom stereocenters. The van der Waals surface area contributed by atoms with Crippen molar-refractivity contribution in [3.05, 3.63) is 0 Å². The van der Waals surface area contributed by atoms with Gasteiger partial charge in [0.1, 0.15) is 0 Å². The van der Waals surface area contributed by atoms with Crippen LogP contribution in [0.5, 0.6) is 0 Å². The Morgan fingerprint density at radius 1 is 0.680 bits per heavy atom. The monoisotopic (exact) mass is 352 g/mol. The fourth-order valence-electron chi connectivity index (χ4n) is 6.14. The Kier molecular flexibility index (Phi) is 8.27. The average molecular weight is 353 g/mol. The summed E-state index contributed by atoms with van der Waals surface area (Å²) in [5, 5.41) is 20.8. The van der Waals surface area contributed by atoms with Gasteiger partial charge in [-0.2, -0.15) is 0 Å². The standard InChI is InChI=1S/C23H44O2/c1-6-7-8-9-10-21(19-11-15(2)22(24)16(3)12-19)20-13-17(4)23(25)18(5)14-20/h15-25H,6-14H2,1-5H3. The Morgan fingerprint density at radius 2 is 1.08 bits per heavy atom. The van der Waals surface area contributed by atoms with Crippen LogP contribution in [0.2, 0.25) is 0 Å². The van der Waals surface area contributed by atoms with Crippen LogP contribution >= 0.6 is 0 Å². The van der Waals surface area contributed by atoms with Gasteiger partial charge in [-0.1, -0.05) is 60.3 Å². The average Bonchev–Trinajstić information content (AvgIpc) is 2.57. The van der Waals surface area contributed by atoms with E-state index in [4.69, 9.17) is 0 Å². The Morgan fingerprint density at radius 3 is 1.44 bits per heavy atom. The molecular formula is C23H44O2. The molecule has 0 radical (unpaired) electrons. The van der Waals surface area contributed by atoms with E-state index < -0.39 is 0 Å². The zero-order valence-electron chi connectivity index (χ0n) is 17.5. The maximum Gasteiger partial charge on any atom is 0.0591 e. The summed E-state index contributed by atoms with van der Waals surface area (Å²) in [7, 11) is 0. The van der Waals surface area contributed by atoms with Crippen LogP contribution < -0.4 is 0 Å². The molecule has 0 aromatic rings. The molecule has 2 aliphatic carbocycles. The molecule has 4 atom stereocenters. The second-order valence-electron chi connectivity index (χ2n) is 9.87. The van der Waals surface area contributed by atoms with Crippen molar-refractivity contribution in [1.29, 1.82) is 0 Å². The van der Waals surface area contributed by atoms with Gasteiger partial charge in [-0.05, 0) is 73.5 Å². The lowest BCUT2D eigenvalue weighted by molar-refractivity contribution is -0.0404. The first kappa shape index (κ1) is 21.2. The lowest BCUT2D eigenvalue weighted by Crippen LogP contribution is -2.42. The molecule has 0 aliphatic heterocycles. The molecule has 2 saturated carbocycles. The maximum absolute atomic E-state index is 10.4.